The molecule has 30 heavy (non-hydrogen) atoms. The van der Waals surface area contributed by atoms with Crippen molar-refractivity contribution in [1.82, 2.24) is 30.3 Å². The van der Waals surface area contributed by atoms with Crippen molar-refractivity contribution in [2.45, 2.75) is 25.8 Å². The molecule has 5 heterocycles. The van der Waals surface area contributed by atoms with Crippen molar-refractivity contribution in [3.63, 3.8) is 0 Å². The summed E-state index contributed by atoms with van der Waals surface area (Å²) in [6, 6.07) is 9.34. The van der Waals surface area contributed by atoms with Crippen LogP contribution in [0.5, 0.6) is 0 Å². The van der Waals surface area contributed by atoms with Gasteiger partial charge in [0.05, 0.1) is 6.04 Å². The summed E-state index contributed by atoms with van der Waals surface area (Å²) in [6.45, 7) is 2.73. The number of nitrogens with one attached hydrogen (secondary N) is 2. The summed E-state index contributed by atoms with van der Waals surface area (Å²) in [5, 5.41) is 14.8. The Kier molecular flexibility index (Phi) is 4.80. The molecule has 1 aliphatic heterocycles. The van der Waals surface area contributed by atoms with Crippen LogP contribution < -0.4 is 10.2 Å². The highest BCUT2D eigenvalue weighted by Gasteiger charge is 2.32. The first kappa shape index (κ1) is 18.6. The lowest BCUT2D eigenvalue weighted by molar-refractivity contribution is 0.362. The van der Waals surface area contributed by atoms with Crippen LogP contribution in [0.2, 0.25) is 5.15 Å². The molecule has 0 amide bonds. The molecule has 1 fully saturated rings. The number of rotatable bonds is 5. The Morgan fingerprint density at radius 2 is 2.17 bits per heavy atom. The molecule has 10 heteroatoms. The van der Waals surface area contributed by atoms with Crippen LogP contribution in [0.3, 0.4) is 0 Å². The van der Waals surface area contributed by atoms with Gasteiger partial charge in [-0.3, -0.25) is 10.1 Å². The number of aromatic nitrogens is 6. The number of aromatic amines is 1. The third-order valence-electron chi connectivity index (χ3n) is 4.97. The average molecular weight is 423 g/mol. The molecule has 1 aliphatic rings. The second-order valence-corrected chi connectivity index (χ2v) is 7.53. The fourth-order valence-electron chi connectivity index (χ4n) is 3.61. The molecule has 0 saturated carbocycles. The van der Waals surface area contributed by atoms with E-state index in [4.69, 9.17) is 16.1 Å². The van der Waals surface area contributed by atoms with Crippen molar-refractivity contribution in [3.05, 3.63) is 59.3 Å². The first-order chi connectivity index (χ1) is 14.7. The predicted octanol–water partition coefficient (Wildman–Crippen LogP) is 4.30. The lowest BCUT2D eigenvalue weighted by Gasteiger charge is -2.23. The van der Waals surface area contributed by atoms with Gasteiger partial charge >= 0.3 is 0 Å². The van der Waals surface area contributed by atoms with E-state index in [1.54, 1.807) is 18.5 Å². The van der Waals surface area contributed by atoms with Crippen LogP contribution in [0.25, 0.3) is 11.3 Å². The SMILES string of the molecule is Cc1cc(Nc2cc(Cl)nc(N3CCCC3c3cc(-c4cccnc4)no3)n2)n[nH]1. The summed E-state index contributed by atoms with van der Waals surface area (Å²) in [6.07, 6.45) is 5.40. The van der Waals surface area contributed by atoms with Gasteiger partial charge in [-0.25, -0.2) is 4.98 Å². The molecular weight excluding hydrogens is 404 g/mol. The Hall–Kier alpha value is -3.46. The highest BCUT2D eigenvalue weighted by molar-refractivity contribution is 6.29. The number of hydrogen-bond donors (Lipinski definition) is 2. The molecule has 0 radical (unpaired) electrons. The fourth-order valence-corrected chi connectivity index (χ4v) is 3.79. The van der Waals surface area contributed by atoms with Crippen LogP contribution in [-0.4, -0.2) is 36.9 Å². The maximum Gasteiger partial charge on any atom is 0.229 e. The van der Waals surface area contributed by atoms with Gasteiger partial charge in [-0.15, -0.1) is 0 Å². The van der Waals surface area contributed by atoms with Gasteiger partial charge in [-0.2, -0.15) is 10.1 Å². The number of hydrogen-bond acceptors (Lipinski definition) is 8. The minimum atomic E-state index is -0.0122. The van der Waals surface area contributed by atoms with Crippen molar-refractivity contribution in [2.75, 3.05) is 16.8 Å². The topological polar surface area (TPSA) is 109 Å². The Balaban J connectivity index is 1.42. The third-order valence-corrected chi connectivity index (χ3v) is 5.16. The van der Waals surface area contributed by atoms with Gasteiger partial charge in [-0.1, -0.05) is 16.8 Å². The van der Waals surface area contributed by atoms with Crippen LogP contribution in [0, 0.1) is 6.92 Å². The van der Waals surface area contributed by atoms with Gasteiger partial charge in [0, 0.05) is 48.4 Å². The van der Waals surface area contributed by atoms with E-state index in [0.29, 0.717) is 22.7 Å². The quantitative estimate of drug-likeness (QED) is 0.458. The number of pyridine rings is 1. The monoisotopic (exact) mass is 422 g/mol. The lowest BCUT2D eigenvalue weighted by Crippen LogP contribution is -2.24. The smallest absolute Gasteiger partial charge is 0.229 e. The average Bonchev–Trinajstić information content (AvgIpc) is 3.48. The molecule has 4 aromatic heterocycles. The van der Waals surface area contributed by atoms with Gasteiger partial charge in [0.15, 0.2) is 11.6 Å². The van der Waals surface area contributed by atoms with Crippen molar-refractivity contribution in [2.24, 2.45) is 0 Å². The number of anilines is 3. The van der Waals surface area contributed by atoms with E-state index in [-0.39, 0.29) is 6.04 Å². The van der Waals surface area contributed by atoms with Crippen LogP contribution in [0.15, 0.2) is 47.2 Å². The normalized spacial score (nSPS) is 16.2. The van der Waals surface area contributed by atoms with E-state index in [9.17, 15) is 0 Å². The number of H-pyrrole nitrogens is 1. The van der Waals surface area contributed by atoms with Crippen molar-refractivity contribution in [3.8, 4) is 11.3 Å². The number of nitrogens with zero attached hydrogens (tertiary/aromatic N) is 6. The molecule has 9 nitrogen and oxygen atoms in total. The summed E-state index contributed by atoms with van der Waals surface area (Å²) in [5.74, 6) is 2.56. The molecule has 0 aromatic carbocycles. The molecule has 4 aromatic rings. The van der Waals surface area contributed by atoms with Crippen LogP contribution in [0.4, 0.5) is 17.6 Å². The van der Waals surface area contributed by atoms with E-state index in [1.165, 1.54) is 0 Å². The van der Waals surface area contributed by atoms with E-state index < -0.39 is 0 Å². The van der Waals surface area contributed by atoms with Gasteiger partial charge < -0.3 is 14.7 Å². The summed E-state index contributed by atoms with van der Waals surface area (Å²) < 4.78 is 5.68. The van der Waals surface area contributed by atoms with E-state index >= 15 is 0 Å². The minimum Gasteiger partial charge on any atom is -0.359 e. The molecule has 0 bridgehead atoms. The number of aryl methyl sites for hydroxylation is 1. The third kappa shape index (κ3) is 3.71. The summed E-state index contributed by atoms with van der Waals surface area (Å²) in [4.78, 5) is 15.3. The molecular formula is C20H19ClN8O. The first-order valence-corrected chi connectivity index (χ1v) is 10.0. The number of halogens is 1. The highest BCUT2D eigenvalue weighted by Crippen LogP contribution is 2.37. The van der Waals surface area contributed by atoms with Crippen LogP contribution in [-0.2, 0) is 0 Å². The minimum absolute atomic E-state index is 0.0122. The van der Waals surface area contributed by atoms with Crippen LogP contribution >= 0.6 is 11.6 Å². The van der Waals surface area contributed by atoms with Gasteiger partial charge in [-0.05, 0) is 31.9 Å². The molecule has 5 rings (SSSR count). The Bertz CT molecular complexity index is 1160. The maximum atomic E-state index is 6.29. The van der Waals surface area contributed by atoms with Gasteiger partial charge in [0.1, 0.15) is 16.7 Å². The molecule has 0 spiro atoms. The first-order valence-electron chi connectivity index (χ1n) is 9.63. The maximum absolute atomic E-state index is 6.29. The van der Waals surface area contributed by atoms with Crippen LogP contribution in [0.1, 0.15) is 30.3 Å². The largest absolute Gasteiger partial charge is 0.359 e. The molecule has 1 atom stereocenters. The fraction of sp³-hybridized carbons (Fsp3) is 0.250. The van der Waals surface area contributed by atoms with Crippen molar-refractivity contribution >= 4 is 29.2 Å². The summed E-state index contributed by atoms with van der Waals surface area (Å²) in [5.41, 5.74) is 2.62. The van der Waals surface area contributed by atoms with Crippen molar-refractivity contribution < 1.29 is 4.52 Å². The van der Waals surface area contributed by atoms with Gasteiger partial charge in [0.2, 0.25) is 5.95 Å². The zero-order valence-corrected chi connectivity index (χ0v) is 17.0. The second kappa shape index (κ2) is 7.75. The molecule has 152 valence electrons. The molecule has 1 saturated heterocycles. The van der Waals surface area contributed by atoms with E-state index in [1.807, 2.05) is 31.2 Å². The highest BCUT2D eigenvalue weighted by atomic mass is 35.5. The predicted molar refractivity (Wildman–Crippen MR) is 113 cm³/mol. The lowest BCUT2D eigenvalue weighted by atomic mass is 10.1. The van der Waals surface area contributed by atoms with Crippen molar-refractivity contribution in [1.29, 1.82) is 0 Å². The standard InChI is InChI=1S/C20H19ClN8O/c1-12-8-19(27-26-12)24-18-10-17(21)23-20(25-18)29-7-3-5-15(29)16-9-14(28-30-16)13-4-2-6-22-11-13/h2,4,6,8-11,15H,3,5,7H2,1H3,(H2,23,24,25,26,27). The zero-order chi connectivity index (χ0) is 20.5. The van der Waals surface area contributed by atoms with E-state index in [0.717, 1.165) is 42.1 Å². The Morgan fingerprint density at radius 1 is 1.23 bits per heavy atom. The zero-order valence-electron chi connectivity index (χ0n) is 16.2. The van der Waals surface area contributed by atoms with E-state index in [2.05, 4.69) is 40.5 Å². The summed E-state index contributed by atoms with van der Waals surface area (Å²) in [7, 11) is 0. The second-order valence-electron chi connectivity index (χ2n) is 7.14. The van der Waals surface area contributed by atoms with Gasteiger partial charge in [0.25, 0.3) is 0 Å². The molecule has 2 N–H and O–H groups in total. The molecule has 1 unspecified atom stereocenters. The molecule has 0 aliphatic carbocycles. The summed E-state index contributed by atoms with van der Waals surface area (Å²) >= 11 is 6.29. The Morgan fingerprint density at radius 3 is 2.97 bits per heavy atom. The Labute approximate surface area is 177 Å².